The Morgan fingerprint density at radius 2 is 1.50 bits per heavy atom. The highest BCUT2D eigenvalue weighted by Gasteiger charge is 2.41. The van der Waals surface area contributed by atoms with E-state index in [9.17, 15) is 23.3 Å². The van der Waals surface area contributed by atoms with E-state index in [-0.39, 0.29) is 18.0 Å². The first-order chi connectivity index (χ1) is 15.3. The van der Waals surface area contributed by atoms with Gasteiger partial charge in [0.25, 0.3) is 5.69 Å². The van der Waals surface area contributed by atoms with E-state index in [0.717, 1.165) is 0 Å². The minimum Gasteiger partial charge on any atom is -0.484 e. The molecule has 0 saturated carbocycles. The third-order valence-electron chi connectivity index (χ3n) is 4.69. The van der Waals surface area contributed by atoms with Crippen LogP contribution in [0.4, 0.5) is 18.9 Å². The molecule has 0 fully saturated rings. The summed E-state index contributed by atoms with van der Waals surface area (Å²) in [4.78, 5) is 10.3. The van der Waals surface area contributed by atoms with E-state index in [1.54, 1.807) is 60.7 Å². The van der Waals surface area contributed by atoms with Crippen molar-refractivity contribution in [2.45, 2.75) is 12.8 Å². The molecule has 6 nitrogen and oxygen atoms in total. The van der Waals surface area contributed by atoms with Crippen molar-refractivity contribution in [3.05, 3.63) is 106 Å². The molecule has 0 N–H and O–H groups in total. The average Bonchev–Trinajstić information content (AvgIpc) is 3.19. The van der Waals surface area contributed by atoms with Crippen LogP contribution in [0, 0.1) is 10.1 Å². The summed E-state index contributed by atoms with van der Waals surface area (Å²) in [5, 5.41) is 14.7. The number of non-ortho nitro benzene ring substituents is 1. The molecular weight excluding hydrogens is 423 g/mol. The van der Waals surface area contributed by atoms with Crippen molar-refractivity contribution in [1.82, 2.24) is 9.78 Å². The normalized spacial score (nSPS) is 11.3. The van der Waals surface area contributed by atoms with Gasteiger partial charge in [-0.05, 0) is 29.8 Å². The number of benzene rings is 3. The average molecular weight is 439 g/mol. The number of alkyl halides is 3. The lowest BCUT2D eigenvalue weighted by molar-refractivity contribution is -0.384. The fourth-order valence-electron chi connectivity index (χ4n) is 3.20. The molecule has 0 atom stereocenters. The smallest absolute Gasteiger partial charge is 0.438 e. The Labute approximate surface area is 180 Å². The van der Waals surface area contributed by atoms with Gasteiger partial charge in [0.1, 0.15) is 12.3 Å². The third-order valence-corrected chi connectivity index (χ3v) is 4.69. The molecule has 0 aliphatic carbocycles. The molecule has 0 bridgehead atoms. The zero-order valence-corrected chi connectivity index (χ0v) is 16.5. The lowest BCUT2D eigenvalue weighted by Crippen LogP contribution is -2.09. The van der Waals surface area contributed by atoms with E-state index < -0.39 is 22.5 Å². The summed E-state index contributed by atoms with van der Waals surface area (Å²) in [6, 6.07) is 22.4. The van der Waals surface area contributed by atoms with E-state index in [1.165, 1.54) is 28.9 Å². The van der Waals surface area contributed by atoms with Gasteiger partial charge in [0.15, 0.2) is 5.75 Å². The number of nitro groups is 1. The van der Waals surface area contributed by atoms with Crippen LogP contribution in [-0.4, -0.2) is 14.7 Å². The minimum atomic E-state index is -4.76. The summed E-state index contributed by atoms with van der Waals surface area (Å²) in [6.07, 6.45) is -4.76. The van der Waals surface area contributed by atoms with Crippen LogP contribution in [0.3, 0.4) is 0 Å². The minimum absolute atomic E-state index is 0.119. The first kappa shape index (κ1) is 21.1. The van der Waals surface area contributed by atoms with Crippen molar-refractivity contribution in [2.75, 3.05) is 0 Å². The van der Waals surface area contributed by atoms with E-state index in [4.69, 9.17) is 4.74 Å². The molecule has 9 heteroatoms. The number of hydrogen-bond donors (Lipinski definition) is 0. The van der Waals surface area contributed by atoms with Gasteiger partial charge in [-0.15, -0.1) is 0 Å². The van der Waals surface area contributed by atoms with Crippen LogP contribution in [0.25, 0.3) is 16.9 Å². The maximum absolute atomic E-state index is 13.9. The molecule has 0 amide bonds. The molecule has 0 spiro atoms. The lowest BCUT2D eigenvalue weighted by atomic mass is 10.1. The molecule has 0 aliphatic rings. The van der Waals surface area contributed by atoms with E-state index in [0.29, 0.717) is 16.8 Å². The predicted octanol–water partition coefficient (Wildman–Crippen LogP) is 6.05. The third kappa shape index (κ3) is 4.31. The van der Waals surface area contributed by atoms with E-state index in [1.807, 2.05) is 0 Å². The molecule has 3 aromatic carbocycles. The lowest BCUT2D eigenvalue weighted by Gasteiger charge is -2.12. The Bertz CT molecular complexity index is 1220. The summed E-state index contributed by atoms with van der Waals surface area (Å²) in [5.41, 5.74) is 0.315. The van der Waals surface area contributed by atoms with Crippen LogP contribution >= 0.6 is 0 Å². The number of ether oxygens (including phenoxy) is 1. The van der Waals surface area contributed by atoms with Gasteiger partial charge >= 0.3 is 6.18 Å². The largest absolute Gasteiger partial charge is 0.484 e. The second kappa shape index (κ2) is 8.54. The van der Waals surface area contributed by atoms with Crippen LogP contribution in [0.2, 0.25) is 0 Å². The molecule has 0 unspecified atom stereocenters. The van der Waals surface area contributed by atoms with Crippen molar-refractivity contribution in [2.24, 2.45) is 0 Å². The van der Waals surface area contributed by atoms with Crippen molar-refractivity contribution in [3.63, 3.8) is 0 Å². The summed E-state index contributed by atoms with van der Waals surface area (Å²) in [6.45, 7) is -0.221. The van der Waals surface area contributed by atoms with Gasteiger partial charge in [-0.2, -0.15) is 18.3 Å². The maximum atomic E-state index is 13.9. The molecule has 0 saturated heterocycles. The first-order valence-corrected chi connectivity index (χ1v) is 9.52. The number of nitro benzene ring substituents is 1. The number of aromatic nitrogens is 2. The summed E-state index contributed by atoms with van der Waals surface area (Å²) < 4.78 is 48.6. The van der Waals surface area contributed by atoms with Gasteiger partial charge in [-0.1, -0.05) is 48.5 Å². The number of rotatable bonds is 6. The monoisotopic (exact) mass is 439 g/mol. The number of para-hydroxylation sites is 1. The maximum Gasteiger partial charge on any atom is 0.438 e. The van der Waals surface area contributed by atoms with Gasteiger partial charge in [0, 0.05) is 17.7 Å². The van der Waals surface area contributed by atoms with Crippen LogP contribution < -0.4 is 4.74 Å². The number of hydrogen-bond acceptors (Lipinski definition) is 4. The van der Waals surface area contributed by atoms with Gasteiger partial charge in [0.05, 0.1) is 10.6 Å². The zero-order valence-electron chi connectivity index (χ0n) is 16.5. The van der Waals surface area contributed by atoms with Gasteiger partial charge in [-0.25, -0.2) is 4.68 Å². The topological polar surface area (TPSA) is 70.2 Å². The highest BCUT2D eigenvalue weighted by atomic mass is 19.4. The first-order valence-electron chi connectivity index (χ1n) is 9.52. The fourth-order valence-corrected chi connectivity index (χ4v) is 3.20. The second-order valence-corrected chi connectivity index (χ2v) is 6.85. The summed E-state index contributed by atoms with van der Waals surface area (Å²) >= 11 is 0. The SMILES string of the molecule is O=[N+]([O-])c1ccc(COc2c(C(F)(F)F)nn(-c3ccccc3)c2-c2ccccc2)cc1. The van der Waals surface area contributed by atoms with E-state index >= 15 is 0 Å². The van der Waals surface area contributed by atoms with Crippen molar-refractivity contribution < 1.29 is 22.8 Å². The number of halogens is 3. The van der Waals surface area contributed by atoms with Crippen molar-refractivity contribution in [3.8, 4) is 22.7 Å². The molecule has 0 aliphatic heterocycles. The molecule has 32 heavy (non-hydrogen) atoms. The molecule has 1 heterocycles. The molecule has 162 valence electrons. The second-order valence-electron chi connectivity index (χ2n) is 6.85. The molecule has 1 aromatic heterocycles. The predicted molar refractivity (Wildman–Crippen MR) is 111 cm³/mol. The fraction of sp³-hybridized carbons (Fsp3) is 0.0870. The molecule has 0 radical (unpaired) electrons. The quantitative estimate of drug-likeness (QED) is 0.271. The van der Waals surface area contributed by atoms with Gasteiger partial charge in [0.2, 0.25) is 5.69 Å². The van der Waals surface area contributed by atoms with Gasteiger partial charge in [-0.3, -0.25) is 10.1 Å². The summed E-state index contributed by atoms with van der Waals surface area (Å²) in [7, 11) is 0. The Morgan fingerprint density at radius 3 is 2.06 bits per heavy atom. The van der Waals surface area contributed by atoms with Crippen LogP contribution in [0.1, 0.15) is 11.3 Å². The van der Waals surface area contributed by atoms with Crippen molar-refractivity contribution >= 4 is 5.69 Å². The molecular formula is C23H16F3N3O3. The van der Waals surface area contributed by atoms with Crippen LogP contribution in [0.5, 0.6) is 5.75 Å². The Hall–Kier alpha value is -4.14. The Morgan fingerprint density at radius 1 is 0.906 bits per heavy atom. The van der Waals surface area contributed by atoms with Crippen LogP contribution in [0.15, 0.2) is 84.9 Å². The molecule has 4 rings (SSSR count). The van der Waals surface area contributed by atoms with Gasteiger partial charge < -0.3 is 4.74 Å². The zero-order chi connectivity index (χ0) is 22.7. The highest BCUT2D eigenvalue weighted by Crippen LogP contribution is 2.43. The summed E-state index contributed by atoms with van der Waals surface area (Å²) in [5.74, 6) is -0.411. The van der Waals surface area contributed by atoms with Crippen molar-refractivity contribution in [1.29, 1.82) is 0 Å². The highest BCUT2D eigenvalue weighted by molar-refractivity contribution is 5.70. The van der Waals surface area contributed by atoms with E-state index in [2.05, 4.69) is 5.10 Å². The standard InChI is InChI=1S/C23H16F3N3O3/c24-23(25,26)22-21(32-15-16-11-13-19(14-12-16)29(30)31)20(17-7-3-1-4-8-17)28(27-22)18-9-5-2-6-10-18/h1-14H,15H2. The molecule has 4 aromatic rings. The van der Waals surface area contributed by atoms with Crippen LogP contribution in [-0.2, 0) is 12.8 Å². The number of nitrogens with zero attached hydrogens (tertiary/aromatic N) is 3. The Kier molecular flexibility index (Phi) is 5.63. The Balaban J connectivity index is 1.82.